The van der Waals surface area contributed by atoms with E-state index in [2.05, 4.69) is 20.9 Å². The van der Waals surface area contributed by atoms with Gasteiger partial charge in [0.25, 0.3) is 0 Å². The fraction of sp³-hybridized carbons (Fsp3) is 0.516. The zero-order valence-corrected chi connectivity index (χ0v) is 24.2. The number of aromatic nitrogens is 3. The molecule has 4 heterocycles. The summed E-state index contributed by atoms with van der Waals surface area (Å²) in [5.41, 5.74) is 0.0462. The van der Waals surface area contributed by atoms with Gasteiger partial charge in [0.1, 0.15) is 23.8 Å². The summed E-state index contributed by atoms with van der Waals surface area (Å²) in [6, 6.07) is 15.0. The van der Waals surface area contributed by atoms with Crippen LogP contribution in [-0.2, 0) is 25.8 Å². The SMILES string of the molecule is CC[C@H](C)[C@H](CO)N1C(=O)[C@@H]2[C@@H](C(=O)Nc3ccccc3)[C@@]3(CC)CCC2(O3)C1C(=O)NCn1nnc2ccccc21. The van der Waals surface area contributed by atoms with Gasteiger partial charge >= 0.3 is 0 Å². The van der Waals surface area contributed by atoms with Crippen molar-refractivity contribution < 1.29 is 24.2 Å². The molecule has 1 aromatic heterocycles. The summed E-state index contributed by atoms with van der Waals surface area (Å²) in [5, 5.41) is 24.8. The number of benzene rings is 2. The molecule has 3 aliphatic heterocycles. The molecule has 1 spiro atoms. The summed E-state index contributed by atoms with van der Waals surface area (Å²) >= 11 is 0. The molecule has 11 heteroatoms. The smallest absolute Gasteiger partial charge is 0.247 e. The molecule has 2 aromatic carbocycles. The standard InChI is InChI=1S/C31H38N6O5/c1-4-19(3)23(17-38)37-26(28(40)32-18-36-22-14-10-9-13-21(22)34-35-36)31-16-15-30(5-2,42-31)24(25(31)29(37)41)27(39)33-20-11-7-6-8-12-20/h6-14,19,23-26,38H,4-5,15-18H2,1-3H3,(H,32,40)(H,33,39)/t19-,23-,24-,25-,26?,30+,31?/m0/s1. The lowest BCUT2D eigenvalue weighted by Crippen LogP contribution is -2.59. The second-order valence-corrected chi connectivity index (χ2v) is 11.8. The quantitative estimate of drug-likeness (QED) is 0.338. The lowest BCUT2D eigenvalue weighted by Gasteiger charge is -2.39. The maximum absolute atomic E-state index is 14.5. The molecule has 3 N–H and O–H groups in total. The Morgan fingerprint density at radius 1 is 1.10 bits per heavy atom. The summed E-state index contributed by atoms with van der Waals surface area (Å²) in [4.78, 5) is 44.2. The van der Waals surface area contributed by atoms with Gasteiger partial charge in [-0.25, -0.2) is 4.68 Å². The van der Waals surface area contributed by atoms with Crippen LogP contribution in [0.25, 0.3) is 11.0 Å². The third-order valence-electron chi connectivity index (χ3n) is 9.86. The van der Waals surface area contributed by atoms with Crippen molar-refractivity contribution in [2.75, 3.05) is 11.9 Å². The van der Waals surface area contributed by atoms with E-state index < -0.39 is 41.0 Å². The van der Waals surface area contributed by atoms with Gasteiger partial charge in [-0.3, -0.25) is 14.4 Å². The zero-order chi connectivity index (χ0) is 29.6. The molecule has 3 aromatic rings. The topological polar surface area (TPSA) is 139 Å². The van der Waals surface area contributed by atoms with E-state index in [1.165, 1.54) is 4.90 Å². The second kappa shape index (κ2) is 10.8. The van der Waals surface area contributed by atoms with Crippen LogP contribution in [0, 0.1) is 17.8 Å². The molecule has 0 radical (unpaired) electrons. The molecule has 7 atom stereocenters. The first-order valence-corrected chi connectivity index (χ1v) is 14.8. The van der Waals surface area contributed by atoms with Crippen molar-refractivity contribution in [3.8, 4) is 0 Å². The monoisotopic (exact) mass is 574 g/mol. The number of nitrogens with one attached hydrogen (secondary N) is 2. The van der Waals surface area contributed by atoms with Crippen LogP contribution in [-0.4, -0.2) is 72.6 Å². The van der Waals surface area contributed by atoms with Gasteiger partial charge in [-0.05, 0) is 49.4 Å². The highest BCUT2D eigenvalue weighted by atomic mass is 16.5. The Morgan fingerprint density at radius 2 is 1.83 bits per heavy atom. The number of likely N-dealkylation sites (tertiary alicyclic amines) is 1. The summed E-state index contributed by atoms with van der Waals surface area (Å²) in [6.07, 6.45) is 2.24. The zero-order valence-electron chi connectivity index (χ0n) is 24.2. The van der Waals surface area contributed by atoms with Crippen LogP contribution in [0.1, 0.15) is 46.5 Å². The van der Waals surface area contributed by atoms with E-state index in [1.807, 2.05) is 63.2 Å². The highest BCUT2D eigenvalue weighted by Gasteiger charge is 2.79. The normalized spacial score (nSPS) is 29.5. The Kier molecular flexibility index (Phi) is 7.26. The van der Waals surface area contributed by atoms with Crippen LogP contribution in [0.2, 0.25) is 0 Å². The molecule has 0 aliphatic carbocycles. The molecule has 222 valence electrons. The van der Waals surface area contributed by atoms with Gasteiger partial charge in [-0.2, -0.15) is 0 Å². The van der Waals surface area contributed by atoms with E-state index in [0.29, 0.717) is 36.9 Å². The first-order chi connectivity index (χ1) is 20.3. The van der Waals surface area contributed by atoms with Crippen molar-refractivity contribution in [2.24, 2.45) is 17.8 Å². The predicted molar refractivity (Wildman–Crippen MR) is 155 cm³/mol. The molecule has 2 bridgehead atoms. The van der Waals surface area contributed by atoms with Crippen LogP contribution in [0.15, 0.2) is 54.6 Å². The summed E-state index contributed by atoms with van der Waals surface area (Å²) in [7, 11) is 0. The molecule has 11 nitrogen and oxygen atoms in total. The molecule has 42 heavy (non-hydrogen) atoms. The average Bonchev–Trinajstić information content (AvgIpc) is 3.74. The number of ether oxygens (including phenoxy) is 1. The van der Waals surface area contributed by atoms with Gasteiger partial charge in [0.2, 0.25) is 17.7 Å². The molecule has 3 amide bonds. The van der Waals surface area contributed by atoms with Crippen LogP contribution in [0.4, 0.5) is 5.69 Å². The first-order valence-electron chi connectivity index (χ1n) is 14.8. The Labute approximate surface area is 244 Å². The van der Waals surface area contributed by atoms with E-state index in [4.69, 9.17) is 4.74 Å². The van der Waals surface area contributed by atoms with Crippen molar-refractivity contribution in [2.45, 2.75) is 76.4 Å². The number of fused-ring (bicyclic) bond motifs is 2. The van der Waals surface area contributed by atoms with Crippen molar-refractivity contribution >= 4 is 34.4 Å². The average molecular weight is 575 g/mol. The number of amides is 3. The largest absolute Gasteiger partial charge is 0.394 e. The number of carbonyl (C=O) groups excluding carboxylic acids is 3. The lowest BCUT2D eigenvalue weighted by atomic mass is 9.65. The third kappa shape index (κ3) is 4.20. The van der Waals surface area contributed by atoms with Crippen molar-refractivity contribution in [3.63, 3.8) is 0 Å². The lowest BCUT2D eigenvalue weighted by molar-refractivity contribution is -0.151. The number of anilines is 1. The maximum Gasteiger partial charge on any atom is 0.247 e. The van der Waals surface area contributed by atoms with Gasteiger partial charge < -0.3 is 25.4 Å². The van der Waals surface area contributed by atoms with Crippen molar-refractivity contribution in [1.82, 2.24) is 25.2 Å². The fourth-order valence-corrected chi connectivity index (χ4v) is 7.55. The van der Waals surface area contributed by atoms with Crippen LogP contribution >= 0.6 is 0 Å². The molecule has 3 fully saturated rings. The number of aliphatic hydroxyl groups is 1. The Morgan fingerprint density at radius 3 is 2.55 bits per heavy atom. The van der Waals surface area contributed by atoms with E-state index in [9.17, 15) is 19.5 Å². The molecule has 6 rings (SSSR count). The van der Waals surface area contributed by atoms with E-state index >= 15 is 0 Å². The predicted octanol–water partition coefficient (Wildman–Crippen LogP) is 2.71. The summed E-state index contributed by atoms with van der Waals surface area (Å²) in [5.74, 6) is -2.72. The molecule has 3 aliphatic rings. The highest BCUT2D eigenvalue weighted by molar-refractivity contribution is 6.02. The number of aliphatic hydroxyl groups excluding tert-OH is 1. The molecule has 0 saturated carbocycles. The number of para-hydroxylation sites is 2. The van der Waals surface area contributed by atoms with E-state index in [0.717, 1.165) is 5.52 Å². The number of hydrogen-bond acceptors (Lipinski definition) is 7. The van der Waals surface area contributed by atoms with E-state index in [-0.39, 0.29) is 31.0 Å². The fourth-order valence-electron chi connectivity index (χ4n) is 7.55. The van der Waals surface area contributed by atoms with Crippen LogP contribution < -0.4 is 10.6 Å². The van der Waals surface area contributed by atoms with Crippen molar-refractivity contribution in [3.05, 3.63) is 54.6 Å². The highest BCUT2D eigenvalue weighted by Crippen LogP contribution is 2.64. The number of nitrogens with zero attached hydrogens (tertiary/aromatic N) is 4. The summed E-state index contributed by atoms with van der Waals surface area (Å²) in [6.45, 7) is 5.65. The number of carbonyl (C=O) groups is 3. The molecular weight excluding hydrogens is 536 g/mol. The second-order valence-electron chi connectivity index (χ2n) is 11.8. The van der Waals surface area contributed by atoms with Crippen molar-refractivity contribution in [1.29, 1.82) is 0 Å². The number of hydrogen-bond donors (Lipinski definition) is 3. The maximum atomic E-state index is 14.5. The Bertz CT molecular complexity index is 1500. The first kappa shape index (κ1) is 28.3. The van der Waals surface area contributed by atoms with Gasteiger partial charge in [0, 0.05) is 5.69 Å². The van der Waals surface area contributed by atoms with Gasteiger partial charge in [-0.1, -0.05) is 62.7 Å². The van der Waals surface area contributed by atoms with Gasteiger partial charge in [0.05, 0.1) is 35.6 Å². The molecule has 2 unspecified atom stereocenters. The van der Waals surface area contributed by atoms with E-state index in [1.54, 1.807) is 16.8 Å². The minimum Gasteiger partial charge on any atom is -0.394 e. The molecular formula is C31H38N6O5. The van der Waals surface area contributed by atoms with Crippen LogP contribution in [0.5, 0.6) is 0 Å². The minimum absolute atomic E-state index is 0.0442. The Balaban J connectivity index is 1.37. The van der Waals surface area contributed by atoms with Crippen LogP contribution in [0.3, 0.4) is 0 Å². The van der Waals surface area contributed by atoms with Gasteiger partial charge in [0.15, 0.2) is 0 Å². The molecule has 3 saturated heterocycles. The third-order valence-corrected chi connectivity index (χ3v) is 9.86. The summed E-state index contributed by atoms with van der Waals surface area (Å²) < 4.78 is 8.44. The minimum atomic E-state index is -1.19. The number of rotatable bonds is 10. The Hall–Kier alpha value is -3.83. The van der Waals surface area contributed by atoms with Gasteiger partial charge in [-0.15, -0.1) is 5.10 Å².